The number of carbonyl (C=O) groups is 1. The summed E-state index contributed by atoms with van der Waals surface area (Å²) in [5.41, 5.74) is 1.70. The van der Waals surface area contributed by atoms with Gasteiger partial charge in [0, 0.05) is 33.0 Å². The Balaban J connectivity index is 1.53. The van der Waals surface area contributed by atoms with Crippen LogP contribution in [0.2, 0.25) is 5.02 Å². The molecular weight excluding hydrogens is 388 g/mol. The van der Waals surface area contributed by atoms with E-state index < -0.39 is 0 Å². The molecule has 0 radical (unpaired) electrons. The number of anilines is 1. The number of carbonyl (C=O) groups excluding carboxylic acids is 1. The first-order chi connectivity index (χ1) is 12.7. The number of amides is 1. The molecule has 0 saturated heterocycles. The van der Waals surface area contributed by atoms with E-state index in [0.717, 1.165) is 21.9 Å². The van der Waals surface area contributed by atoms with Crippen molar-refractivity contribution in [3.05, 3.63) is 58.9 Å². The Labute approximate surface area is 165 Å². The van der Waals surface area contributed by atoms with Gasteiger partial charge in [0.05, 0.1) is 12.8 Å². The molecule has 1 N–H and O–H groups in total. The molecule has 1 aromatic heterocycles. The van der Waals surface area contributed by atoms with Gasteiger partial charge in [-0.15, -0.1) is 23.1 Å². The third-order valence-electron chi connectivity index (χ3n) is 3.54. The van der Waals surface area contributed by atoms with Crippen molar-refractivity contribution >= 4 is 45.7 Å². The van der Waals surface area contributed by atoms with Crippen LogP contribution in [-0.4, -0.2) is 23.8 Å². The summed E-state index contributed by atoms with van der Waals surface area (Å²) in [4.78, 5) is 17.7. The van der Waals surface area contributed by atoms with Crippen LogP contribution in [0.4, 0.5) is 5.13 Å². The molecule has 0 aliphatic carbocycles. The normalized spacial score (nSPS) is 10.5. The van der Waals surface area contributed by atoms with E-state index in [1.165, 1.54) is 11.3 Å². The molecule has 0 fully saturated rings. The third-order valence-corrected chi connectivity index (χ3v) is 5.57. The molecular formula is C19H17ClN2O2S2. The molecule has 0 aliphatic rings. The zero-order chi connectivity index (χ0) is 18.4. The fourth-order valence-corrected chi connectivity index (χ4v) is 3.99. The molecule has 3 rings (SSSR count). The van der Waals surface area contributed by atoms with Gasteiger partial charge in [0.1, 0.15) is 5.75 Å². The SMILES string of the molecule is COc1ccccc1-c1csc(NC(=O)CCSc2ccc(Cl)cc2)n1. The van der Waals surface area contributed by atoms with Crippen LogP contribution in [0.1, 0.15) is 6.42 Å². The lowest BCUT2D eigenvalue weighted by atomic mass is 10.1. The fourth-order valence-electron chi connectivity index (χ4n) is 2.29. The maximum Gasteiger partial charge on any atom is 0.226 e. The lowest BCUT2D eigenvalue weighted by Crippen LogP contribution is -2.11. The van der Waals surface area contributed by atoms with Crippen molar-refractivity contribution < 1.29 is 9.53 Å². The summed E-state index contributed by atoms with van der Waals surface area (Å²) >= 11 is 8.89. The Morgan fingerprint density at radius 1 is 1.23 bits per heavy atom. The summed E-state index contributed by atoms with van der Waals surface area (Å²) in [6, 6.07) is 15.3. The van der Waals surface area contributed by atoms with Crippen molar-refractivity contribution in [2.75, 3.05) is 18.2 Å². The Bertz CT molecular complexity index is 881. The fraction of sp³-hybridized carbons (Fsp3) is 0.158. The molecule has 2 aromatic carbocycles. The van der Waals surface area contributed by atoms with Gasteiger partial charge in [0.25, 0.3) is 0 Å². The van der Waals surface area contributed by atoms with Gasteiger partial charge in [-0.2, -0.15) is 0 Å². The summed E-state index contributed by atoms with van der Waals surface area (Å²) in [6.07, 6.45) is 0.414. The minimum Gasteiger partial charge on any atom is -0.496 e. The van der Waals surface area contributed by atoms with E-state index in [-0.39, 0.29) is 5.91 Å². The van der Waals surface area contributed by atoms with Crippen LogP contribution in [0.25, 0.3) is 11.3 Å². The number of ether oxygens (including phenoxy) is 1. The molecule has 0 bridgehead atoms. The van der Waals surface area contributed by atoms with Crippen molar-refractivity contribution in [2.24, 2.45) is 0 Å². The summed E-state index contributed by atoms with van der Waals surface area (Å²) in [6.45, 7) is 0. The highest BCUT2D eigenvalue weighted by molar-refractivity contribution is 7.99. The molecule has 7 heteroatoms. The Morgan fingerprint density at radius 3 is 2.77 bits per heavy atom. The maximum absolute atomic E-state index is 12.1. The number of aromatic nitrogens is 1. The first-order valence-electron chi connectivity index (χ1n) is 7.93. The van der Waals surface area contributed by atoms with Crippen LogP contribution >= 0.6 is 34.7 Å². The van der Waals surface area contributed by atoms with Crippen LogP contribution in [0.5, 0.6) is 5.75 Å². The second kappa shape index (κ2) is 9.07. The molecule has 0 aliphatic heterocycles. The van der Waals surface area contributed by atoms with Gasteiger partial charge in [0.2, 0.25) is 5.91 Å². The number of thioether (sulfide) groups is 1. The lowest BCUT2D eigenvalue weighted by Gasteiger charge is -2.05. The van der Waals surface area contributed by atoms with Crippen molar-refractivity contribution in [1.29, 1.82) is 0 Å². The zero-order valence-electron chi connectivity index (χ0n) is 14.1. The summed E-state index contributed by atoms with van der Waals surface area (Å²) in [7, 11) is 1.63. The number of thiazole rings is 1. The van der Waals surface area contributed by atoms with E-state index in [4.69, 9.17) is 16.3 Å². The molecule has 26 heavy (non-hydrogen) atoms. The minimum absolute atomic E-state index is 0.0487. The quantitative estimate of drug-likeness (QED) is 0.521. The standard InChI is InChI=1S/C19H17ClN2O2S2/c1-24-17-5-3-2-4-15(17)16-12-26-19(21-16)22-18(23)10-11-25-14-8-6-13(20)7-9-14/h2-9,12H,10-11H2,1H3,(H,21,22,23). The van der Waals surface area contributed by atoms with E-state index >= 15 is 0 Å². The number of hydrogen-bond donors (Lipinski definition) is 1. The molecule has 0 atom stereocenters. The number of rotatable bonds is 7. The second-order valence-corrected chi connectivity index (χ2v) is 7.80. The number of nitrogens with one attached hydrogen (secondary N) is 1. The molecule has 3 aromatic rings. The maximum atomic E-state index is 12.1. The highest BCUT2D eigenvalue weighted by Gasteiger charge is 2.11. The summed E-state index contributed by atoms with van der Waals surface area (Å²) < 4.78 is 5.36. The van der Waals surface area contributed by atoms with Crippen LogP contribution in [0, 0.1) is 0 Å². The second-order valence-electron chi connectivity index (χ2n) is 5.34. The smallest absolute Gasteiger partial charge is 0.226 e. The van der Waals surface area contributed by atoms with Gasteiger partial charge in [-0.05, 0) is 36.4 Å². The topological polar surface area (TPSA) is 51.2 Å². The molecule has 0 saturated carbocycles. The van der Waals surface area contributed by atoms with E-state index in [0.29, 0.717) is 22.3 Å². The highest BCUT2D eigenvalue weighted by Crippen LogP contribution is 2.32. The number of halogens is 1. The first-order valence-corrected chi connectivity index (χ1v) is 10.2. The average molecular weight is 405 g/mol. The number of methoxy groups -OCH3 is 1. The molecule has 0 unspecified atom stereocenters. The Hall–Kier alpha value is -2.02. The molecule has 134 valence electrons. The van der Waals surface area contributed by atoms with Crippen LogP contribution in [0.15, 0.2) is 58.8 Å². The predicted molar refractivity (Wildman–Crippen MR) is 110 cm³/mol. The third kappa shape index (κ3) is 5.00. The molecule has 1 heterocycles. The number of benzene rings is 2. The van der Waals surface area contributed by atoms with Gasteiger partial charge in [-0.1, -0.05) is 23.7 Å². The van der Waals surface area contributed by atoms with Gasteiger partial charge >= 0.3 is 0 Å². The summed E-state index contributed by atoms with van der Waals surface area (Å²) in [5.74, 6) is 1.40. The van der Waals surface area contributed by atoms with Crippen molar-refractivity contribution in [3.63, 3.8) is 0 Å². The highest BCUT2D eigenvalue weighted by atomic mass is 35.5. The Morgan fingerprint density at radius 2 is 2.00 bits per heavy atom. The number of para-hydroxylation sites is 1. The lowest BCUT2D eigenvalue weighted by molar-refractivity contribution is -0.115. The van der Waals surface area contributed by atoms with Crippen LogP contribution in [0.3, 0.4) is 0 Å². The van der Waals surface area contributed by atoms with Crippen LogP contribution in [-0.2, 0) is 4.79 Å². The van der Waals surface area contributed by atoms with Crippen molar-refractivity contribution in [3.8, 4) is 17.0 Å². The Kier molecular flexibility index (Phi) is 6.55. The van der Waals surface area contributed by atoms with Gasteiger partial charge in [0.15, 0.2) is 5.13 Å². The monoisotopic (exact) mass is 404 g/mol. The molecule has 4 nitrogen and oxygen atoms in total. The van der Waals surface area contributed by atoms with Crippen LogP contribution < -0.4 is 10.1 Å². The largest absolute Gasteiger partial charge is 0.496 e. The van der Waals surface area contributed by atoms with Gasteiger partial charge < -0.3 is 10.1 Å². The van der Waals surface area contributed by atoms with Crippen molar-refractivity contribution in [2.45, 2.75) is 11.3 Å². The van der Waals surface area contributed by atoms with Gasteiger partial charge in [-0.3, -0.25) is 4.79 Å². The number of hydrogen-bond acceptors (Lipinski definition) is 5. The first kappa shape index (κ1) is 18.8. The molecule has 1 amide bonds. The van der Waals surface area contributed by atoms with E-state index in [1.807, 2.05) is 53.9 Å². The van der Waals surface area contributed by atoms with Crippen molar-refractivity contribution in [1.82, 2.24) is 4.98 Å². The average Bonchev–Trinajstić information content (AvgIpc) is 3.11. The van der Waals surface area contributed by atoms with E-state index in [1.54, 1.807) is 18.9 Å². The minimum atomic E-state index is -0.0487. The zero-order valence-corrected chi connectivity index (χ0v) is 16.5. The molecule has 0 spiro atoms. The van der Waals surface area contributed by atoms with E-state index in [9.17, 15) is 4.79 Å². The van der Waals surface area contributed by atoms with Gasteiger partial charge in [-0.25, -0.2) is 4.98 Å². The summed E-state index contributed by atoms with van der Waals surface area (Å²) in [5, 5.41) is 6.07. The van der Waals surface area contributed by atoms with E-state index in [2.05, 4.69) is 10.3 Å². The predicted octanol–water partition coefficient (Wildman–Crippen LogP) is 5.59. The number of nitrogens with zero attached hydrogens (tertiary/aromatic N) is 1.